The summed E-state index contributed by atoms with van der Waals surface area (Å²) in [5.41, 5.74) is 2.13. The van der Waals surface area contributed by atoms with E-state index in [-0.39, 0.29) is 23.7 Å². The molecule has 1 aliphatic rings. The Labute approximate surface area is 156 Å². The van der Waals surface area contributed by atoms with Gasteiger partial charge in [0, 0.05) is 17.7 Å². The Bertz CT molecular complexity index is 941. The lowest BCUT2D eigenvalue weighted by atomic mass is 10.1. The first-order valence-electron chi connectivity index (χ1n) is 8.67. The first-order valence-corrected chi connectivity index (χ1v) is 8.67. The summed E-state index contributed by atoms with van der Waals surface area (Å²) in [6.45, 7) is 0.413. The van der Waals surface area contributed by atoms with Crippen molar-refractivity contribution in [2.75, 3.05) is 11.9 Å². The Morgan fingerprint density at radius 2 is 1.89 bits per heavy atom. The van der Waals surface area contributed by atoms with Crippen molar-refractivity contribution in [3.8, 4) is 5.75 Å². The zero-order chi connectivity index (χ0) is 18.6. The summed E-state index contributed by atoms with van der Waals surface area (Å²) in [4.78, 5) is 24.5. The molecule has 1 atom stereocenters. The highest BCUT2D eigenvalue weighted by atomic mass is 16.5. The highest BCUT2D eigenvalue weighted by molar-refractivity contribution is 6.03. The summed E-state index contributed by atoms with van der Waals surface area (Å²) in [5, 5.41) is 5.60. The summed E-state index contributed by atoms with van der Waals surface area (Å²) < 4.78 is 10.9. The van der Waals surface area contributed by atoms with Gasteiger partial charge in [0.25, 0.3) is 11.8 Å². The largest absolute Gasteiger partial charge is 0.488 e. The van der Waals surface area contributed by atoms with E-state index in [9.17, 15) is 9.59 Å². The Kier molecular flexibility index (Phi) is 4.61. The molecule has 1 aromatic heterocycles. The lowest BCUT2D eigenvalue weighted by Gasteiger charge is -2.12. The van der Waals surface area contributed by atoms with Crippen molar-refractivity contribution >= 4 is 17.5 Å². The van der Waals surface area contributed by atoms with Gasteiger partial charge in [0.15, 0.2) is 5.76 Å². The SMILES string of the molecule is O=C(NCC1Cc2ccccc2O1)c1cccc(NC(=O)c2ccco2)c1. The van der Waals surface area contributed by atoms with Crippen LogP contribution in [0.3, 0.4) is 0 Å². The standard InChI is InChI=1S/C21H18N2O4/c24-20(22-13-17-12-14-5-1-2-8-18(14)27-17)15-6-3-7-16(11-15)23-21(25)19-9-4-10-26-19/h1-11,17H,12-13H2,(H,22,24)(H,23,25). The molecule has 2 N–H and O–H groups in total. The van der Waals surface area contributed by atoms with Gasteiger partial charge in [0.05, 0.1) is 12.8 Å². The maximum Gasteiger partial charge on any atom is 0.291 e. The maximum absolute atomic E-state index is 12.4. The zero-order valence-corrected chi connectivity index (χ0v) is 14.5. The van der Waals surface area contributed by atoms with E-state index in [0.717, 1.165) is 17.7 Å². The molecule has 27 heavy (non-hydrogen) atoms. The second-order valence-corrected chi connectivity index (χ2v) is 6.27. The normalized spacial score (nSPS) is 14.9. The Balaban J connectivity index is 1.35. The van der Waals surface area contributed by atoms with Crippen molar-refractivity contribution in [1.29, 1.82) is 0 Å². The van der Waals surface area contributed by atoms with Gasteiger partial charge in [0.1, 0.15) is 11.9 Å². The van der Waals surface area contributed by atoms with Crippen LogP contribution in [0.15, 0.2) is 71.3 Å². The summed E-state index contributed by atoms with van der Waals surface area (Å²) >= 11 is 0. The van der Waals surface area contributed by atoms with Crippen LogP contribution in [-0.2, 0) is 6.42 Å². The minimum absolute atomic E-state index is 0.0758. The Hall–Kier alpha value is -3.54. The van der Waals surface area contributed by atoms with E-state index < -0.39 is 0 Å². The topological polar surface area (TPSA) is 80.6 Å². The molecule has 1 aliphatic heterocycles. The van der Waals surface area contributed by atoms with Crippen LogP contribution in [0.4, 0.5) is 5.69 Å². The molecule has 0 bridgehead atoms. The molecule has 2 amide bonds. The number of para-hydroxylation sites is 1. The van der Waals surface area contributed by atoms with E-state index in [1.165, 1.54) is 6.26 Å². The fourth-order valence-electron chi connectivity index (χ4n) is 3.02. The number of hydrogen-bond donors (Lipinski definition) is 2. The molecule has 136 valence electrons. The lowest BCUT2D eigenvalue weighted by molar-refractivity contribution is 0.0932. The predicted octanol–water partition coefficient (Wildman–Crippen LogP) is 3.27. The minimum Gasteiger partial charge on any atom is -0.488 e. The van der Waals surface area contributed by atoms with Gasteiger partial charge in [-0.25, -0.2) is 0 Å². The van der Waals surface area contributed by atoms with E-state index in [2.05, 4.69) is 10.6 Å². The van der Waals surface area contributed by atoms with Gasteiger partial charge in [-0.05, 0) is 42.0 Å². The van der Waals surface area contributed by atoms with Crippen LogP contribution in [0.25, 0.3) is 0 Å². The summed E-state index contributed by atoms with van der Waals surface area (Å²) in [7, 11) is 0. The van der Waals surface area contributed by atoms with Crippen LogP contribution in [0.1, 0.15) is 26.5 Å². The number of furan rings is 1. The third-order valence-electron chi connectivity index (χ3n) is 4.33. The van der Waals surface area contributed by atoms with Gasteiger partial charge in [0.2, 0.25) is 0 Å². The molecule has 6 nitrogen and oxygen atoms in total. The fraction of sp³-hybridized carbons (Fsp3) is 0.143. The number of amides is 2. The number of rotatable bonds is 5. The average Bonchev–Trinajstić information content (AvgIpc) is 3.35. The van der Waals surface area contributed by atoms with Crippen molar-refractivity contribution in [3.63, 3.8) is 0 Å². The highest BCUT2D eigenvalue weighted by Crippen LogP contribution is 2.27. The first kappa shape index (κ1) is 16.9. The van der Waals surface area contributed by atoms with E-state index in [4.69, 9.17) is 9.15 Å². The molecular weight excluding hydrogens is 344 g/mol. The van der Waals surface area contributed by atoms with Gasteiger partial charge in [-0.3, -0.25) is 9.59 Å². The van der Waals surface area contributed by atoms with E-state index in [0.29, 0.717) is 17.8 Å². The molecule has 2 aromatic carbocycles. The van der Waals surface area contributed by atoms with Crippen molar-refractivity contribution in [3.05, 3.63) is 83.8 Å². The van der Waals surface area contributed by atoms with Gasteiger partial charge in [-0.15, -0.1) is 0 Å². The van der Waals surface area contributed by atoms with E-state index in [1.807, 2.05) is 24.3 Å². The summed E-state index contributed by atoms with van der Waals surface area (Å²) in [5.74, 6) is 0.500. The number of carbonyl (C=O) groups excluding carboxylic acids is 2. The van der Waals surface area contributed by atoms with Gasteiger partial charge >= 0.3 is 0 Å². The van der Waals surface area contributed by atoms with Gasteiger partial charge in [-0.2, -0.15) is 0 Å². The molecule has 6 heteroatoms. The average molecular weight is 362 g/mol. The molecule has 0 radical (unpaired) electrons. The van der Waals surface area contributed by atoms with Crippen LogP contribution in [0.5, 0.6) is 5.75 Å². The van der Waals surface area contributed by atoms with Crippen molar-refractivity contribution in [1.82, 2.24) is 5.32 Å². The molecule has 0 aliphatic carbocycles. The Morgan fingerprint density at radius 3 is 2.70 bits per heavy atom. The quantitative estimate of drug-likeness (QED) is 0.730. The second kappa shape index (κ2) is 7.37. The van der Waals surface area contributed by atoms with Gasteiger partial charge < -0.3 is 19.8 Å². The van der Waals surface area contributed by atoms with Gasteiger partial charge in [-0.1, -0.05) is 24.3 Å². The lowest BCUT2D eigenvalue weighted by Crippen LogP contribution is -2.34. The molecule has 3 aromatic rings. The number of benzene rings is 2. The van der Waals surface area contributed by atoms with Crippen molar-refractivity contribution < 1.29 is 18.7 Å². The molecule has 4 rings (SSSR count). The number of nitrogens with one attached hydrogen (secondary N) is 2. The van der Waals surface area contributed by atoms with Crippen LogP contribution in [-0.4, -0.2) is 24.5 Å². The minimum atomic E-state index is -0.366. The molecule has 0 spiro atoms. The van der Waals surface area contributed by atoms with E-state index in [1.54, 1.807) is 36.4 Å². The molecule has 0 fully saturated rings. The van der Waals surface area contributed by atoms with Crippen molar-refractivity contribution in [2.45, 2.75) is 12.5 Å². The molecule has 0 saturated heterocycles. The number of carbonyl (C=O) groups is 2. The number of ether oxygens (including phenoxy) is 1. The number of hydrogen-bond acceptors (Lipinski definition) is 4. The van der Waals surface area contributed by atoms with Crippen LogP contribution in [0, 0.1) is 0 Å². The Morgan fingerprint density at radius 1 is 1.00 bits per heavy atom. The monoisotopic (exact) mass is 362 g/mol. The maximum atomic E-state index is 12.4. The third-order valence-corrected chi connectivity index (χ3v) is 4.33. The number of anilines is 1. The molecule has 2 heterocycles. The summed E-state index contributed by atoms with van der Waals surface area (Å²) in [6, 6.07) is 17.8. The van der Waals surface area contributed by atoms with Crippen LogP contribution in [0.2, 0.25) is 0 Å². The van der Waals surface area contributed by atoms with Crippen LogP contribution >= 0.6 is 0 Å². The van der Waals surface area contributed by atoms with Crippen molar-refractivity contribution in [2.24, 2.45) is 0 Å². The first-order chi connectivity index (χ1) is 13.2. The zero-order valence-electron chi connectivity index (χ0n) is 14.5. The summed E-state index contributed by atoms with van der Waals surface area (Å²) in [6.07, 6.45) is 2.13. The molecule has 1 unspecified atom stereocenters. The van der Waals surface area contributed by atoms with E-state index >= 15 is 0 Å². The smallest absolute Gasteiger partial charge is 0.291 e. The van der Waals surface area contributed by atoms with Crippen LogP contribution < -0.4 is 15.4 Å². The number of fused-ring (bicyclic) bond motifs is 1. The molecular formula is C21H18N2O4. The predicted molar refractivity (Wildman–Crippen MR) is 100.0 cm³/mol. The highest BCUT2D eigenvalue weighted by Gasteiger charge is 2.22. The third kappa shape index (κ3) is 3.84. The second-order valence-electron chi connectivity index (χ2n) is 6.27. The fourth-order valence-corrected chi connectivity index (χ4v) is 3.02. The molecule has 0 saturated carbocycles.